The van der Waals surface area contributed by atoms with Gasteiger partial charge in [0.2, 0.25) is 5.91 Å². The topological polar surface area (TPSA) is 109 Å². The van der Waals surface area contributed by atoms with Gasteiger partial charge in [-0.3, -0.25) is 25.2 Å². The Kier molecular flexibility index (Phi) is 6.38. The molecule has 4 rings (SSSR count). The molecule has 0 atom stereocenters. The van der Waals surface area contributed by atoms with E-state index in [1.54, 1.807) is 24.3 Å². The van der Waals surface area contributed by atoms with E-state index in [1.165, 1.54) is 17.4 Å². The molecule has 32 heavy (non-hydrogen) atoms. The number of rotatable bonds is 7. The average Bonchev–Trinajstić information content (AvgIpc) is 3.30. The number of carbonyl (C=O) groups excluding carboxylic acids is 3. The Balaban J connectivity index is 1.29. The van der Waals surface area contributed by atoms with Gasteiger partial charge in [0.05, 0.1) is 23.2 Å². The van der Waals surface area contributed by atoms with Crippen molar-refractivity contribution in [3.63, 3.8) is 0 Å². The minimum absolute atomic E-state index is 0.0402. The van der Waals surface area contributed by atoms with E-state index in [0.717, 1.165) is 22.2 Å². The zero-order valence-electron chi connectivity index (χ0n) is 17.0. The van der Waals surface area contributed by atoms with E-state index in [4.69, 9.17) is 16.3 Å². The number of carbonyl (C=O) groups is 3. The van der Waals surface area contributed by atoms with Crippen molar-refractivity contribution in [3.8, 4) is 5.75 Å². The first-order valence-electron chi connectivity index (χ1n) is 9.87. The molecule has 0 unspecified atom stereocenters. The summed E-state index contributed by atoms with van der Waals surface area (Å²) in [5.41, 5.74) is 7.04. The summed E-state index contributed by atoms with van der Waals surface area (Å²) < 4.78 is 6.53. The first-order chi connectivity index (χ1) is 15.4. The molecule has 1 aliphatic rings. The third-order valence-corrected chi connectivity index (χ3v) is 6.04. The summed E-state index contributed by atoms with van der Waals surface area (Å²) in [5.74, 6) is -0.570. The van der Waals surface area contributed by atoms with Gasteiger partial charge < -0.3 is 10.1 Å². The van der Waals surface area contributed by atoms with Crippen LogP contribution in [0, 0.1) is 0 Å². The lowest BCUT2D eigenvalue weighted by molar-refractivity contribution is -0.118. The fourth-order valence-corrected chi connectivity index (χ4v) is 4.33. The van der Waals surface area contributed by atoms with Crippen molar-refractivity contribution in [3.05, 3.63) is 58.1 Å². The smallest absolute Gasteiger partial charge is 0.275 e. The van der Waals surface area contributed by atoms with Crippen molar-refractivity contribution < 1.29 is 19.1 Å². The maximum atomic E-state index is 12.2. The highest BCUT2D eigenvalue weighted by molar-refractivity contribution is 7.22. The molecule has 3 amide bonds. The normalized spacial score (nSPS) is 13.1. The molecule has 1 fully saturated rings. The van der Waals surface area contributed by atoms with E-state index >= 15 is 0 Å². The minimum atomic E-state index is -0.469. The van der Waals surface area contributed by atoms with Gasteiger partial charge in [0, 0.05) is 5.02 Å². The number of thiazole rings is 1. The molecule has 10 heteroatoms. The fourth-order valence-electron chi connectivity index (χ4n) is 3.07. The Bertz CT molecular complexity index is 1220. The molecule has 1 aromatic heterocycles. The standard InChI is InChI=1S/C22H19ClN4O4S/c1-2-13-10-17-18(11-16(13)23)32-22(24-17)25-19(28)7-8-31-14-5-3-12(4-6-14)9-15-20(29)26-27-21(15)30/h3-6,9-11H,2,7-8H2,1H3,(H,26,29)(H,27,30)(H,24,25,28). The predicted molar refractivity (Wildman–Crippen MR) is 123 cm³/mol. The Morgan fingerprint density at radius 1 is 1.19 bits per heavy atom. The number of hydrogen-bond donors (Lipinski definition) is 3. The lowest BCUT2D eigenvalue weighted by atomic mass is 10.1. The Morgan fingerprint density at radius 2 is 1.91 bits per heavy atom. The van der Waals surface area contributed by atoms with Crippen molar-refractivity contribution in [2.75, 3.05) is 11.9 Å². The summed E-state index contributed by atoms with van der Waals surface area (Å²) in [7, 11) is 0. The molecule has 2 heterocycles. The number of halogens is 1. The molecule has 0 bridgehead atoms. The number of ether oxygens (including phenoxy) is 1. The van der Waals surface area contributed by atoms with Gasteiger partial charge in [-0.25, -0.2) is 4.98 Å². The van der Waals surface area contributed by atoms with E-state index in [-0.39, 0.29) is 24.5 Å². The molecule has 164 valence electrons. The van der Waals surface area contributed by atoms with E-state index in [9.17, 15) is 14.4 Å². The lowest BCUT2D eigenvalue weighted by Gasteiger charge is -2.06. The van der Waals surface area contributed by atoms with Crippen LogP contribution >= 0.6 is 22.9 Å². The molecular weight excluding hydrogens is 452 g/mol. The van der Waals surface area contributed by atoms with Crippen LogP contribution in [0.25, 0.3) is 16.3 Å². The Morgan fingerprint density at radius 3 is 2.59 bits per heavy atom. The molecule has 3 aromatic rings. The minimum Gasteiger partial charge on any atom is -0.493 e. The van der Waals surface area contributed by atoms with Gasteiger partial charge in [0.15, 0.2) is 5.13 Å². The van der Waals surface area contributed by atoms with Gasteiger partial charge >= 0.3 is 0 Å². The molecule has 3 N–H and O–H groups in total. The highest BCUT2D eigenvalue weighted by Gasteiger charge is 2.25. The van der Waals surface area contributed by atoms with E-state index < -0.39 is 11.8 Å². The second-order valence-electron chi connectivity index (χ2n) is 6.97. The quantitative estimate of drug-likeness (QED) is 0.362. The Hall–Kier alpha value is -3.43. The van der Waals surface area contributed by atoms with Crippen LogP contribution in [0.4, 0.5) is 5.13 Å². The number of benzene rings is 2. The van der Waals surface area contributed by atoms with Crippen LogP contribution in [-0.2, 0) is 20.8 Å². The highest BCUT2D eigenvalue weighted by atomic mass is 35.5. The number of hydrazine groups is 1. The number of aromatic nitrogens is 1. The number of anilines is 1. The van der Waals surface area contributed by atoms with Crippen LogP contribution in [0.1, 0.15) is 24.5 Å². The largest absolute Gasteiger partial charge is 0.493 e. The zero-order chi connectivity index (χ0) is 22.7. The van der Waals surface area contributed by atoms with Crippen molar-refractivity contribution in [1.29, 1.82) is 0 Å². The number of nitrogens with zero attached hydrogens (tertiary/aromatic N) is 1. The van der Waals surface area contributed by atoms with Crippen LogP contribution in [0.15, 0.2) is 42.0 Å². The monoisotopic (exact) mass is 470 g/mol. The van der Waals surface area contributed by atoms with Crippen LogP contribution in [-0.4, -0.2) is 29.3 Å². The maximum absolute atomic E-state index is 12.2. The van der Waals surface area contributed by atoms with Crippen molar-refractivity contribution >= 4 is 62.1 Å². The third-order valence-electron chi connectivity index (χ3n) is 4.75. The third kappa shape index (κ3) is 4.90. The molecule has 2 aromatic carbocycles. The van der Waals surface area contributed by atoms with Crippen molar-refractivity contribution in [2.45, 2.75) is 19.8 Å². The van der Waals surface area contributed by atoms with Crippen LogP contribution in [0.5, 0.6) is 5.75 Å². The average molecular weight is 471 g/mol. The van der Waals surface area contributed by atoms with Gasteiger partial charge in [0.1, 0.15) is 11.3 Å². The van der Waals surface area contributed by atoms with E-state index in [2.05, 4.69) is 21.2 Å². The fraction of sp³-hybridized carbons (Fsp3) is 0.182. The van der Waals surface area contributed by atoms with Gasteiger partial charge in [-0.05, 0) is 47.9 Å². The van der Waals surface area contributed by atoms with Crippen LogP contribution < -0.4 is 20.9 Å². The molecule has 0 aliphatic carbocycles. The predicted octanol–water partition coefficient (Wildman–Crippen LogP) is 3.46. The Labute approximate surface area is 192 Å². The second-order valence-corrected chi connectivity index (χ2v) is 8.40. The van der Waals surface area contributed by atoms with E-state index in [0.29, 0.717) is 21.5 Å². The molecular formula is C22H19ClN4O4S. The summed E-state index contributed by atoms with van der Waals surface area (Å²) in [6.45, 7) is 2.22. The first-order valence-corrected chi connectivity index (χ1v) is 11.1. The molecule has 1 saturated heterocycles. The summed E-state index contributed by atoms with van der Waals surface area (Å²) >= 11 is 7.62. The molecule has 0 spiro atoms. The number of aryl methyl sites for hydroxylation is 1. The van der Waals surface area contributed by atoms with Gasteiger partial charge in [0.25, 0.3) is 11.8 Å². The maximum Gasteiger partial charge on any atom is 0.275 e. The lowest BCUT2D eigenvalue weighted by Crippen LogP contribution is -2.28. The summed E-state index contributed by atoms with van der Waals surface area (Å²) in [4.78, 5) is 39.8. The number of fused-ring (bicyclic) bond motifs is 1. The number of nitrogens with one attached hydrogen (secondary N) is 3. The van der Waals surface area contributed by atoms with Gasteiger partial charge in [-0.1, -0.05) is 42.0 Å². The molecule has 0 radical (unpaired) electrons. The summed E-state index contributed by atoms with van der Waals surface area (Å²) in [5, 5.41) is 4.02. The SMILES string of the molecule is CCc1cc2nc(NC(=O)CCOc3ccc(C=C4C(=O)NNC4=O)cc3)sc2cc1Cl. The molecule has 0 saturated carbocycles. The zero-order valence-corrected chi connectivity index (χ0v) is 18.6. The van der Waals surface area contributed by atoms with Crippen molar-refractivity contribution in [1.82, 2.24) is 15.8 Å². The van der Waals surface area contributed by atoms with Crippen LogP contribution in [0.2, 0.25) is 5.02 Å². The number of amides is 3. The number of hydrogen-bond acceptors (Lipinski definition) is 6. The van der Waals surface area contributed by atoms with Crippen LogP contribution in [0.3, 0.4) is 0 Å². The molecule has 8 nitrogen and oxygen atoms in total. The van der Waals surface area contributed by atoms with Crippen molar-refractivity contribution in [2.24, 2.45) is 0 Å². The summed E-state index contributed by atoms with van der Waals surface area (Å²) in [6, 6.07) is 10.7. The molecule has 1 aliphatic heterocycles. The second kappa shape index (κ2) is 9.37. The van der Waals surface area contributed by atoms with E-state index in [1.807, 2.05) is 19.1 Å². The highest BCUT2D eigenvalue weighted by Crippen LogP contribution is 2.31. The first kappa shape index (κ1) is 21.8. The van der Waals surface area contributed by atoms with Gasteiger partial charge in [-0.15, -0.1) is 0 Å². The summed E-state index contributed by atoms with van der Waals surface area (Å²) in [6.07, 6.45) is 2.46. The van der Waals surface area contributed by atoms with Gasteiger partial charge in [-0.2, -0.15) is 0 Å².